The maximum atomic E-state index is 11.7. The predicted molar refractivity (Wildman–Crippen MR) is 98.9 cm³/mol. The topological polar surface area (TPSA) is 75.5 Å². The van der Waals surface area contributed by atoms with Crippen LogP contribution in [0.25, 0.3) is 0 Å². The summed E-state index contributed by atoms with van der Waals surface area (Å²) in [5, 5.41) is 14.3. The first-order valence-electron chi connectivity index (χ1n) is 8.16. The number of amides is 1. The van der Waals surface area contributed by atoms with Gasteiger partial charge in [0.25, 0.3) is 5.69 Å². The van der Waals surface area contributed by atoms with E-state index >= 15 is 0 Å². The lowest BCUT2D eigenvalue weighted by atomic mass is 10.1. The Morgan fingerprint density at radius 1 is 1.20 bits per heavy atom. The van der Waals surface area contributed by atoms with Gasteiger partial charge in [-0.3, -0.25) is 14.9 Å². The minimum Gasteiger partial charge on any atom is -0.350 e. The van der Waals surface area contributed by atoms with Gasteiger partial charge in [0.2, 0.25) is 5.91 Å². The maximum Gasteiger partial charge on any atom is 0.292 e. The smallest absolute Gasteiger partial charge is 0.292 e. The fourth-order valence-electron chi connectivity index (χ4n) is 2.60. The highest BCUT2D eigenvalue weighted by Crippen LogP contribution is 2.28. The molecular formula is C19H23N3O3. The second-order valence-electron chi connectivity index (χ2n) is 6.34. The number of nitro benzene ring substituents is 1. The van der Waals surface area contributed by atoms with Crippen LogP contribution in [-0.2, 0) is 11.3 Å². The summed E-state index contributed by atoms with van der Waals surface area (Å²) >= 11 is 0. The van der Waals surface area contributed by atoms with Gasteiger partial charge in [-0.05, 0) is 50.1 Å². The molecule has 0 aliphatic rings. The Bertz CT molecular complexity index is 770. The largest absolute Gasteiger partial charge is 0.350 e. The molecule has 132 valence electrons. The summed E-state index contributed by atoms with van der Waals surface area (Å²) in [4.78, 5) is 24.3. The fourth-order valence-corrected chi connectivity index (χ4v) is 2.60. The zero-order chi connectivity index (χ0) is 18.6. The Morgan fingerprint density at radius 2 is 1.84 bits per heavy atom. The van der Waals surface area contributed by atoms with Crippen molar-refractivity contribution in [2.45, 2.75) is 40.3 Å². The summed E-state index contributed by atoms with van der Waals surface area (Å²) in [6.07, 6.45) is 0. The molecule has 0 spiro atoms. The summed E-state index contributed by atoms with van der Waals surface area (Å²) in [6.45, 7) is 7.88. The van der Waals surface area contributed by atoms with Crippen molar-refractivity contribution in [1.82, 2.24) is 4.90 Å². The quantitative estimate of drug-likeness (QED) is 0.624. The first-order chi connectivity index (χ1) is 11.8. The molecule has 25 heavy (non-hydrogen) atoms. The number of benzene rings is 2. The van der Waals surface area contributed by atoms with E-state index in [1.54, 1.807) is 24.0 Å². The minimum absolute atomic E-state index is 0.0347. The number of hydrogen-bond acceptors (Lipinski definition) is 4. The second kappa shape index (κ2) is 7.79. The van der Waals surface area contributed by atoms with Crippen LogP contribution in [0, 0.1) is 17.0 Å². The molecule has 0 aromatic heterocycles. The van der Waals surface area contributed by atoms with Crippen LogP contribution in [0.5, 0.6) is 0 Å². The Hall–Kier alpha value is -2.89. The van der Waals surface area contributed by atoms with E-state index in [1.165, 1.54) is 0 Å². The van der Waals surface area contributed by atoms with Gasteiger partial charge in [0.1, 0.15) is 5.69 Å². The average Bonchev–Trinajstić information content (AvgIpc) is 2.54. The fraction of sp³-hybridized carbons (Fsp3) is 0.316. The normalized spacial score (nSPS) is 10.6. The Balaban J connectivity index is 2.16. The first kappa shape index (κ1) is 18.4. The summed E-state index contributed by atoms with van der Waals surface area (Å²) < 4.78 is 0. The molecule has 0 unspecified atom stereocenters. The van der Waals surface area contributed by atoms with Crippen LogP contribution in [0.15, 0.2) is 42.5 Å². The number of rotatable bonds is 6. The molecule has 0 heterocycles. The molecule has 0 atom stereocenters. The number of nitrogens with one attached hydrogen (secondary N) is 1. The highest BCUT2D eigenvalue weighted by atomic mass is 16.6. The van der Waals surface area contributed by atoms with Gasteiger partial charge in [0.15, 0.2) is 0 Å². The van der Waals surface area contributed by atoms with Crippen molar-refractivity contribution < 1.29 is 9.72 Å². The number of aryl methyl sites for hydroxylation is 1. The van der Waals surface area contributed by atoms with Crippen LogP contribution < -0.4 is 5.32 Å². The third kappa shape index (κ3) is 4.79. The minimum atomic E-state index is -0.392. The van der Waals surface area contributed by atoms with Crippen LogP contribution in [0.1, 0.15) is 31.9 Å². The van der Waals surface area contributed by atoms with E-state index in [1.807, 2.05) is 51.1 Å². The monoisotopic (exact) mass is 341 g/mol. The number of nitro groups is 1. The van der Waals surface area contributed by atoms with E-state index < -0.39 is 4.92 Å². The summed E-state index contributed by atoms with van der Waals surface area (Å²) in [5.41, 5.74) is 3.11. The molecule has 6 nitrogen and oxygen atoms in total. The van der Waals surface area contributed by atoms with Gasteiger partial charge >= 0.3 is 0 Å². The van der Waals surface area contributed by atoms with E-state index in [9.17, 15) is 14.9 Å². The number of hydrogen-bond donors (Lipinski definition) is 1. The summed E-state index contributed by atoms with van der Waals surface area (Å²) in [5.74, 6) is 0.0347. The van der Waals surface area contributed by atoms with Crippen molar-refractivity contribution >= 4 is 23.0 Å². The zero-order valence-electron chi connectivity index (χ0n) is 14.9. The van der Waals surface area contributed by atoms with Crippen molar-refractivity contribution in [2.75, 3.05) is 5.32 Å². The van der Waals surface area contributed by atoms with Gasteiger partial charge in [-0.15, -0.1) is 0 Å². The number of anilines is 2. The lowest BCUT2D eigenvalue weighted by molar-refractivity contribution is -0.384. The van der Waals surface area contributed by atoms with Crippen molar-refractivity contribution in [3.8, 4) is 0 Å². The van der Waals surface area contributed by atoms with Gasteiger partial charge in [0, 0.05) is 31.3 Å². The van der Waals surface area contributed by atoms with Gasteiger partial charge in [0.05, 0.1) is 4.92 Å². The maximum absolute atomic E-state index is 11.7. The van der Waals surface area contributed by atoms with Crippen molar-refractivity contribution in [1.29, 1.82) is 0 Å². The van der Waals surface area contributed by atoms with Crippen LogP contribution in [0.3, 0.4) is 0 Å². The van der Waals surface area contributed by atoms with Crippen LogP contribution in [0.2, 0.25) is 0 Å². The molecule has 0 saturated heterocycles. The standard InChI is InChI=1S/C19H23N3O3/c1-13(2)21(15(4)23)12-16-6-8-17(9-7-16)20-18-10-5-14(3)11-19(18)22(24)25/h5-11,13,20H,12H2,1-4H3. The summed E-state index contributed by atoms with van der Waals surface area (Å²) in [7, 11) is 0. The highest BCUT2D eigenvalue weighted by molar-refractivity contribution is 5.73. The van der Waals surface area contributed by atoms with Crippen molar-refractivity contribution in [3.63, 3.8) is 0 Å². The molecule has 6 heteroatoms. The van der Waals surface area contributed by atoms with Gasteiger partial charge < -0.3 is 10.2 Å². The molecule has 2 rings (SSSR count). The van der Waals surface area contributed by atoms with Gasteiger partial charge in [-0.1, -0.05) is 18.2 Å². The van der Waals surface area contributed by atoms with Gasteiger partial charge in [-0.25, -0.2) is 0 Å². The third-order valence-corrected chi connectivity index (χ3v) is 3.96. The molecule has 2 aromatic carbocycles. The van der Waals surface area contributed by atoms with Gasteiger partial charge in [-0.2, -0.15) is 0 Å². The van der Waals surface area contributed by atoms with E-state index in [-0.39, 0.29) is 17.6 Å². The molecule has 0 aliphatic heterocycles. The van der Waals surface area contributed by atoms with E-state index in [0.717, 1.165) is 16.8 Å². The molecule has 2 aromatic rings. The van der Waals surface area contributed by atoms with Crippen LogP contribution in [0.4, 0.5) is 17.1 Å². The van der Waals surface area contributed by atoms with Crippen molar-refractivity contribution in [3.05, 3.63) is 63.7 Å². The van der Waals surface area contributed by atoms with E-state index in [4.69, 9.17) is 0 Å². The molecule has 0 bridgehead atoms. The summed E-state index contributed by atoms with van der Waals surface area (Å²) in [6, 6.07) is 12.8. The molecule has 0 radical (unpaired) electrons. The van der Waals surface area contributed by atoms with Crippen LogP contribution >= 0.6 is 0 Å². The average molecular weight is 341 g/mol. The SMILES string of the molecule is CC(=O)N(Cc1ccc(Nc2ccc(C)cc2[N+](=O)[O-])cc1)C(C)C. The Morgan fingerprint density at radius 3 is 2.36 bits per heavy atom. The Labute approximate surface area is 147 Å². The number of nitrogens with zero attached hydrogens (tertiary/aromatic N) is 2. The molecule has 0 aliphatic carbocycles. The lowest BCUT2D eigenvalue weighted by Crippen LogP contribution is -2.34. The number of carbonyl (C=O) groups is 1. The predicted octanol–water partition coefficient (Wildman–Crippen LogP) is 4.40. The third-order valence-electron chi connectivity index (χ3n) is 3.96. The van der Waals surface area contributed by atoms with E-state index in [2.05, 4.69) is 5.32 Å². The zero-order valence-corrected chi connectivity index (χ0v) is 14.9. The molecule has 0 fully saturated rings. The second-order valence-corrected chi connectivity index (χ2v) is 6.34. The first-order valence-corrected chi connectivity index (χ1v) is 8.16. The molecule has 1 amide bonds. The Kier molecular flexibility index (Phi) is 5.75. The molecular weight excluding hydrogens is 318 g/mol. The van der Waals surface area contributed by atoms with E-state index in [0.29, 0.717) is 12.2 Å². The lowest BCUT2D eigenvalue weighted by Gasteiger charge is -2.25. The molecule has 0 saturated carbocycles. The molecule has 1 N–H and O–H groups in total. The van der Waals surface area contributed by atoms with Crippen molar-refractivity contribution in [2.24, 2.45) is 0 Å². The van der Waals surface area contributed by atoms with Crippen LogP contribution in [-0.4, -0.2) is 21.8 Å². The number of carbonyl (C=O) groups excluding carboxylic acids is 1. The highest BCUT2D eigenvalue weighted by Gasteiger charge is 2.15.